The first-order chi connectivity index (χ1) is 26.0. The zero-order valence-electron chi connectivity index (χ0n) is 31.0. The number of aryl methyl sites for hydroxylation is 2. The predicted molar refractivity (Wildman–Crippen MR) is 219 cm³/mol. The summed E-state index contributed by atoms with van der Waals surface area (Å²) in [4.78, 5) is 36.9. The van der Waals surface area contributed by atoms with E-state index >= 15 is 0 Å². The van der Waals surface area contributed by atoms with Crippen LogP contribution in [0.3, 0.4) is 0 Å². The van der Waals surface area contributed by atoms with Crippen LogP contribution in [0, 0.1) is 25.2 Å². The maximum Gasteiger partial charge on any atom is 0.239 e. The first-order valence-electron chi connectivity index (χ1n) is 16.3. The molecule has 0 spiro atoms. The number of hydrogen-bond donors (Lipinski definition) is 3. The molecule has 4 aromatic rings. The van der Waals surface area contributed by atoms with Crippen LogP contribution in [0.4, 0.5) is 22.7 Å². The molecule has 6 rings (SSSR count). The van der Waals surface area contributed by atoms with Crippen molar-refractivity contribution in [1.29, 1.82) is 5.26 Å². The number of nitrogens with one attached hydrogen (secondary N) is 3. The van der Waals surface area contributed by atoms with Crippen LogP contribution < -0.4 is 34.9 Å². The van der Waals surface area contributed by atoms with Crippen molar-refractivity contribution in [3.05, 3.63) is 83.4 Å². The summed E-state index contributed by atoms with van der Waals surface area (Å²) in [5.74, 6) is 2.24. The number of alkyl halides is 1. The minimum absolute atomic E-state index is 0.0751. The maximum absolute atomic E-state index is 12.2. The number of hydrogen-bond acceptors (Lipinski definition) is 12. The minimum Gasteiger partial charge on any atom is -0.493 e. The van der Waals surface area contributed by atoms with Crippen molar-refractivity contribution in [3.63, 3.8) is 0 Å². The van der Waals surface area contributed by atoms with E-state index in [2.05, 4.69) is 37.8 Å². The maximum atomic E-state index is 12.2. The van der Waals surface area contributed by atoms with E-state index in [1.54, 1.807) is 70.0 Å². The Hall–Kier alpha value is -5.43. The largest absolute Gasteiger partial charge is 0.493 e. The molecule has 2 aromatic heterocycles. The number of halogens is 1. The summed E-state index contributed by atoms with van der Waals surface area (Å²) in [6.07, 6.45) is 8.93. The topological polar surface area (TPSA) is 169 Å². The Morgan fingerprint density at radius 3 is 1.85 bits per heavy atom. The lowest BCUT2D eigenvalue weighted by Gasteiger charge is -2.10. The van der Waals surface area contributed by atoms with Crippen LogP contribution in [-0.4, -0.2) is 71.9 Å². The third kappa shape index (κ3) is 12.6. The van der Waals surface area contributed by atoms with Crippen LogP contribution in [-0.2, 0) is 22.4 Å². The molecule has 0 fully saturated rings. The smallest absolute Gasteiger partial charge is 0.239 e. The molecule has 0 atom stereocenters. The van der Waals surface area contributed by atoms with Crippen molar-refractivity contribution in [2.24, 2.45) is 4.99 Å². The quantitative estimate of drug-likeness (QED) is 0.113. The third-order valence-electron chi connectivity index (χ3n) is 7.53. The number of aliphatic imine (C=N–C) groups is 1. The molecular formula is C38H42ClN7O6S2. The molecule has 54 heavy (non-hydrogen) atoms. The monoisotopic (exact) mass is 791 g/mol. The van der Waals surface area contributed by atoms with Crippen LogP contribution in [0.1, 0.15) is 29.2 Å². The van der Waals surface area contributed by atoms with Crippen molar-refractivity contribution < 1.29 is 28.5 Å². The van der Waals surface area contributed by atoms with Gasteiger partial charge in [0.25, 0.3) is 0 Å². The average Bonchev–Trinajstić information content (AvgIpc) is 3.79. The second-order valence-corrected chi connectivity index (χ2v) is 13.0. The lowest BCUT2D eigenvalue weighted by molar-refractivity contribution is -0.114. The van der Waals surface area contributed by atoms with Gasteiger partial charge in [0.05, 0.1) is 74.1 Å². The van der Waals surface area contributed by atoms with E-state index < -0.39 is 0 Å². The van der Waals surface area contributed by atoms with E-state index in [0.29, 0.717) is 40.1 Å². The first kappa shape index (κ1) is 43.0. The fourth-order valence-electron chi connectivity index (χ4n) is 4.97. The second kappa shape index (κ2) is 21.9. The number of anilines is 3. The molecule has 2 aliphatic rings. The van der Waals surface area contributed by atoms with Gasteiger partial charge in [-0.25, -0.2) is 4.99 Å². The third-order valence-corrected chi connectivity index (χ3v) is 9.00. The van der Waals surface area contributed by atoms with Crippen LogP contribution in [0.2, 0.25) is 0 Å². The Labute approximate surface area is 329 Å². The van der Waals surface area contributed by atoms with Crippen molar-refractivity contribution in [1.82, 2.24) is 9.97 Å². The Morgan fingerprint density at radius 1 is 0.833 bits per heavy atom. The summed E-state index contributed by atoms with van der Waals surface area (Å²) in [5.41, 5.74) is 8.11. The number of fused-ring (bicyclic) bond motifs is 2. The van der Waals surface area contributed by atoms with Crippen LogP contribution in [0.5, 0.6) is 23.0 Å². The van der Waals surface area contributed by atoms with Crippen molar-refractivity contribution >= 4 is 80.2 Å². The van der Waals surface area contributed by atoms with E-state index in [1.165, 1.54) is 42.5 Å². The zero-order valence-corrected chi connectivity index (χ0v) is 33.4. The molecule has 16 heteroatoms. The van der Waals surface area contributed by atoms with Gasteiger partial charge >= 0.3 is 0 Å². The van der Waals surface area contributed by atoms with Gasteiger partial charge in [-0.05, 0) is 60.4 Å². The highest BCUT2D eigenvalue weighted by atomic mass is 35.5. The Kier molecular flexibility index (Phi) is 17.5. The number of nitriles is 1. The van der Waals surface area contributed by atoms with Crippen LogP contribution >= 0.6 is 35.6 Å². The van der Waals surface area contributed by atoms with E-state index in [9.17, 15) is 9.59 Å². The number of ether oxygens (including phenoxy) is 4. The van der Waals surface area contributed by atoms with Gasteiger partial charge in [0.15, 0.2) is 23.0 Å². The molecule has 2 aliphatic heterocycles. The summed E-state index contributed by atoms with van der Waals surface area (Å²) in [7, 11) is 6.22. The highest BCUT2D eigenvalue weighted by Gasteiger charge is 2.19. The normalized spacial score (nSPS) is 11.5. The number of carbonyl (C=O) groups is 2. The number of rotatable bonds is 9. The number of methoxy groups -OCH3 is 4. The van der Waals surface area contributed by atoms with Crippen LogP contribution in [0.15, 0.2) is 66.2 Å². The lowest BCUT2D eigenvalue weighted by Crippen LogP contribution is -2.15. The molecule has 2 amide bonds. The molecule has 2 aromatic carbocycles. The molecule has 0 aliphatic carbocycles. The molecule has 3 N–H and O–H groups in total. The summed E-state index contributed by atoms with van der Waals surface area (Å²) < 4.78 is 20.6. The van der Waals surface area contributed by atoms with E-state index in [1.807, 2.05) is 25.5 Å². The number of benzene rings is 2. The van der Waals surface area contributed by atoms with Gasteiger partial charge in [-0.3, -0.25) is 19.6 Å². The molecule has 0 bridgehead atoms. The highest BCUT2D eigenvalue weighted by Crippen LogP contribution is 2.33. The average molecular weight is 792 g/mol. The predicted octanol–water partition coefficient (Wildman–Crippen LogP) is 7.46. The fourth-order valence-corrected chi connectivity index (χ4v) is 6.07. The number of pyridine rings is 2. The Morgan fingerprint density at radius 2 is 1.35 bits per heavy atom. The van der Waals surface area contributed by atoms with Gasteiger partial charge in [-0.15, -0.1) is 23.4 Å². The van der Waals surface area contributed by atoms with Gasteiger partial charge in [-0.1, -0.05) is 12.2 Å². The lowest BCUT2D eigenvalue weighted by atomic mass is 10.1. The molecule has 4 heterocycles. The number of aromatic nitrogens is 2. The van der Waals surface area contributed by atoms with E-state index in [0.717, 1.165) is 39.8 Å². The summed E-state index contributed by atoms with van der Waals surface area (Å²) in [6.45, 7) is 5.51. The SMILES string of the molecule is CC#N.COc1ccc(NC(=O)CCl)cc1OC.COc1ccc(NC(=O)CSC2=Nc3cncc(C)c3C2)cc1OC.Cc1cncc2c1CC(=S)N2. The summed E-state index contributed by atoms with van der Waals surface area (Å²) >= 11 is 11.9. The molecule has 0 radical (unpaired) electrons. The number of amides is 2. The molecule has 13 nitrogen and oxygen atoms in total. The van der Waals surface area contributed by atoms with Gasteiger partial charge in [0.2, 0.25) is 11.8 Å². The standard InChI is InChI=1S/C18H19N3O3S.C10H12ClNO3.C8H8N2S.C2H3N/c1-11-8-19-9-14-13(11)7-18(21-14)25-10-17(22)20-12-4-5-15(23-2)16(6-12)24-3;1-14-8-4-3-7(5-9(8)15-2)12-10(13)6-11;1-5-3-9-4-7-6(5)2-8(11)10-7;1-2-3/h4-6,8-9H,7,10H2,1-3H3,(H,20,22);3-5H,6H2,1-2H3,(H,12,13);3-4H,2H2,1H3,(H,10,11);1H3. The van der Waals surface area contributed by atoms with Gasteiger partial charge in [0, 0.05) is 55.7 Å². The van der Waals surface area contributed by atoms with Gasteiger partial charge < -0.3 is 34.9 Å². The Bertz CT molecular complexity index is 2020. The van der Waals surface area contributed by atoms with E-state index in [4.69, 9.17) is 48.0 Å². The second-order valence-electron chi connectivity index (χ2n) is 11.2. The molecule has 0 unspecified atom stereocenters. The summed E-state index contributed by atoms with van der Waals surface area (Å²) in [5, 5.41) is 16.8. The summed E-state index contributed by atoms with van der Waals surface area (Å²) in [6, 6.07) is 12.1. The fraction of sp³-hybridized carbons (Fsp3) is 0.289. The van der Waals surface area contributed by atoms with Gasteiger partial charge in [-0.2, -0.15) is 5.26 Å². The number of carbonyl (C=O) groups excluding carboxylic acids is 2. The van der Waals surface area contributed by atoms with Crippen LogP contribution in [0.25, 0.3) is 0 Å². The Balaban J connectivity index is 0.000000229. The van der Waals surface area contributed by atoms with Crippen molar-refractivity contribution in [2.45, 2.75) is 33.6 Å². The molecular weight excluding hydrogens is 750 g/mol. The minimum atomic E-state index is -0.260. The van der Waals surface area contributed by atoms with Crippen molar-refractivity contribution in [2.75, 3.05) is 56.0 Å². The highest BCUT2D eigenvalue weighted by molar-refractivity contribution is 8.14. The number of thioether (sulfide) groups is 1. The van der Waals surface area contributed by atoms with Gasteiger partial charge in [0.1, 0.15) is 5.88 Å². The molecule has 0 saturated heterocycles. The molecule has 0 saturated carbocycles. The number of thiocarbonyl (C=S) groups is 1. The van der Waals surface area contributed by atoms with E-state index in [-0.39, 0.29) is 17.7 Å². The molecule has 284 valence electrons. The first-order valence-corrected chi connectivity index (χ1v) is 18.2. The zero-order chi connectivity index (χ0) is 39.6. The number of nitrogens with zero attached hydrogens (tertiary/aromatic N) is 4. The van der Waals surface area contributed by atoms with Crippen molar-refractivity contribution in [3.8, 4) is 29.1 Å².